The van der Waals surface area contributed by atoms with Gasteiger partial charge in [0.25, 0.3) is 0 Å². The predicted molar refractivity (Wildman–Crippen MR) is 77.4 cm³/mol. The molecule has 0 spiro atoms. The first-order chi connectivity index (χ1) is 9.01. The highest BCUT2D eigenvalue weighted by Gasteiger charge is 2.08. The standard InChI is InChI=1S/C15H28N2O2/c1-5-18-11-7-8-13-12-16-14(19-13)9-6-10-17-15(2,3)4/h12,17H,5-11H2,1-4H3. The van der Waals surface area contributed by atoms with E-state index in [2.05, 4.69) is 31.1 Å². The molecule has 0 saturated carbocycles. The van der Waals surface area contributed by atoms with Crippen molar-refractivity contribution in [3.8, 4) is 0 Å². The lowest BCUT2D eigenvalue weighted by molar-refractivity contribution is 0.144. The molecule has 0 amide bonds. The van der Waals surface area contributed by atoms with Gasteiger partial charge in [0.1, 0.15) is 5.76 Å². The molecule has 4 nitrogen and oxygen atoms in total. The second-order valence-corrected chi connectivity index (χ2v) is 5.80. The van der Waals surface area contributed by atoms with E-state index < -0.39 is 0 Å². The first kappa shape index (κ1) is 16.2. The summed E-state index contributed by atoms with van der Waals surface area (Å²) in [6.45, 7) is 11.1. The molecule has 0 aliphatic heterocycles. The highest BCUT2D eigenvalue weighted by Crippen LogP contribution is 2.08. The molecule has 0 bridgehead atoms. The molecular formula is C15H28N2O2. The van der Waals surface area contributed by atoms with Crippen molar-refractivity contribution in [2.24, 2.45) is 0 Å². The number of ether oxygens (including phenoxy) is 1. The van der Waals surface area contributed by atoms with E-state index in [4.69, 9.17) is 9.15 Å². The molecule has 1 aromatic rings. The van der Waals surface area contributed by atoms with E-state index in [1.165, 1.54) is 0 Å². The molecule has 0 fully saturated rings. The minimum Gasteiger partial charge on any atom is -0.446 e. The Hall–Kier alpha value is -0.870. The zero-order chi connectivity index (χ0) is 14.1. The average Bonchev–Trinajstić information content (AvgIpc) is 2.77. The van der Waals surface area contributed by atoms with E-state index in [-0.39, 0.29) is 5.54 Å². The van der Waals surface area contributed by atoms with Crippen molar-refractivity contribution < 1.29 is 9.15 Å². The van der Waals surface area contributed by atoms with Gasteiger partial charge in [-0.05, 0) is 47.1 Å². The third-order valence-corrected chi connectivity index (χ3v) is 2.74. The Morgan fingerprint density at radius 2 is 2.05 bits per heavy atom. The van der Waals surface area contributed by atoms with Gasteiger partial charge in [-0.15, -0.1) is 0 Å². The fraction of sp³-hybridized carbons (Fsp3) is 0.800. The molecule has 1 aromatic heterocycles. The van der Waals surface area contributed by atoms with E-state index in [0.29, 0.717) is 0 Å². The number of aromatic nitrogens is 1. The molecule has 4 heteroatoms. The van der Waals surface area contributed by atoms with Gasteiger partial charge in [-0.3, -0.25) is 0 Å². The Labute approximate surface area is 116 Å². The summed E-state index contributed by atoms with van der Waals surface area (Å²) in [5.74, 6) is 1.82. The smallest absolute Gasteiger partial charge is 0.194 e. The molecule has 1 heterocycles. The van der Waals surface area contributed by atoms with Crippen molar-refractivity contribution in [3.63, 3.8) is 0 Å². The molecule has 110 valence electrons. The fourth-order valence-electron chi connectivity index (χ4n) is 1.77. The van der Waals surface area contributed by atoms with Gasteiger partial charge < -0.3 is 14.5 Å². The van der Waals surface area contributed by atoms with Crippen LogP contribution in [-0.4, -0.2) is 30.3 Å². The van der Waals surface area contributed by atoms with Crippen LogP contribution in [0.5, 0.6) is 0 Å². The van der Waals surface area contributed by atoms with Gasteiger partial charge in [0, 0.05) is 31.6 Å². The molecule has 0 saturated heterocycles. The number of aryl methyl sites for hydroxylation is 2. The maximum atomic E-state index is 5.70. The van der Waals surface area contributed by atoms with Crippen molar-refractivity contribution in [3.05, 3.63) is 17.8 Å². The van der Waals surface area contributed by atoms with Crippen LogP contribution in [0.3, 0.4) is 0 Å². The van der Waals surface area contributed by atoms with Crippen LogP contribution in [0.15, 0.2) is 10.6 Å². The minimum absolute atomic E-state index is 0.182. The summed E-state index contributed by atoms with van der Waals surface area (Å²) < 4.78 is 11.0. The molecule has 0 aliphatic carbocycles. The maximum Gasteiger partial charge on any atom is 0.194 e. The Kier molecular flexibility index (Phi) is 7.10. The summed E-state index contributed by atoms with van der Waals surface area (Å²) >= 11 is 0. The highest BCUT2D eigenvalue weighted by molar-refractivity contribution is 4.94. The van der Waals surface area contributed by atoms with Crippen LogP contribution in [-0.2, 0) is 17.6 Å². The normalized spacial score (nSPS) is 12.0. The van der Waals surface area contributed by atoms with Gasteiger partial charge >= 0.3 is 0 Å². The Morgan fingerprint density at radius 3 is 2.74 bits per heavy atom. The first-order valence-electron chi connectivity index (χ1n) is 7.27. The van der Waals surface area contributed by atoms with E-state index in [1.54, 1.807) is 0 Å². The maximum absolute atomic E-state index is 5.70. The quantitative estimate of drug-likeness (QED) is 0.699. The summed E-state index contributed by atoms with van der Waals surface area (Å²) in [6, 6.07) is 0. The molecule has 0 radical (unpaired) electrons. The summed E-state index contributed by atoms with van der Waals surface area (Å²) in [4.78, 5) is 4.31. The topological polar surface area (TPSA) is 47.3 Å². The van der Waals surface area contributed by atoms with Gasteiger partial charge in [-0.2, -0.15) is 0 Å². The summed E-state index contributed by atoms with van der Waals surface area (Å²) in [5, 5.41) is 3.46. The van der Waals surface area contributed by atoms with Crippen molar-refractivity contribution in [1.82, 2.24) is 10.3 Å². The number of oxazole rings is 1. The van der Waals surface area contributed by atoms with Crippen LogP contribution >= 0.6 is 0 Å². The Morgan fingerprint density at radius 1 is 1.26 bits per heavy atom. The second kappa shape index (κ2) is 8.33. The summed E-state index contributed by atoms with van der Waals surface area (Å²) in [7, 11) is 0. The molecule has 1 N–H and O–H groups in total. The van der Waals surface area contributed by atoms with Crippen molar-refractivity contribution in [2.75, 3.05) is 19.8 Å². The van der Waals surface area contributed by atoms with Gasteiger partial charge in [-0.25, -0.2) is 4.98 Å². The summed E-state index contributed by atoms with van der Waals surface area (Å²) in [5.41, 5.74) is 0.182. The van der Waals surface area contributed by atoms with Crippen LogP contribution in [0.4, 0.5) is 0 Å². The van der Waals surface area contributed by atoms with E-state index in [9.17, 15) is 0 Å². The van der Waals surface area contributed by atoms with Crippen LogP contribution in [0.25, 0.3) is 0 Å². The third kappa shape index (κ3) is 8.01. The third-order valence-electron chi connectivity index (χ3n) is 2.74. The SMILES string of the molecule is CCOCCCc1cnc(CCCNC(C)(C)C)o1. The number of nitrogens with zero attached hydrogens (tertiary/aromatic N) is 1. The van der Waals surface area contributed by atoms with E-state index in [1.807, 2.05) is 13.1 Å². The second-order valence-electron chi connectivity index (χ2n) is 5.80. The van der Waals surface area contributed by atoms with Crippen molar-refractivity contribution in [2.45, 2.75) is 58.9 Å². The molecule has 0 aliphatic rings. The van der Waals surface area contributed by atoms with Crippen molar-refractivity contribution in [1.29, 1.82) is 0 Å². The van der Waals surface area contributed by atoms with Crippen LogP contribution in [0.1, 0.15) is 52.2 Å². The molecule has 1 rings (SSSR count). The zero-order valence-electron chi connectivity index (χ0n) is 12.8. The van der Waals surface area contributed by atoms with Gasteiger partial charge in [0.2, 0.25) is 0 Å². The van der Waals surface area contributed by atoms with Crippen LogP contribution in [0, 0.1) is 0 Å². The highest BCUT2D eigenvalue weighted by atomic mass is 16.5. The number of nitrogens with one attached hydrogen (secondary N) is 1. The lowest BCUT2D eigenvalue weighted by Gasteiger charge is -2.19. The van der Waals surface area contributed by atoms with Gasteiger partial charge in [0.15, 0.2) is 5.89 Å². The molecule has 0 aromatic carbocycles. The minimum atomic E-state index is 0.182. The molecule has 0 atom stereocenters. The molecule has 19 heavy (non-hydrogen) atoms. The Bertz CT molecular complexity index is 342. The molecular weight excluding hydrogens is 240 g/mol. The first-order valence-corrected chi connectivity index (χ1v) is 7.27. The monoisotopic (exact) mass is 268 g/mol. The zero-order valence-corrected chi connectivity index (χ0v) is 12.8. The predicted octanol–water partition coefficient (Wildman–Crippen LogP) is 2.96. The van der Waals surface area contributed by atoms with Gasteiger partial charge in [-0.1, -0.05) is 0 Å². The van der Waals surface area contributed by atoms with Gasteiger partial charge in [0.05, 0.1) is 6.20 Å². The summed E-state index contributed by atoms with van der Waals surface area (Å²) in [6.07, 6.45) is 5.70. The Balaban J connectivity index is 2.16. The van der Waals surface area contributed by atoms with Crippen molar-refractivity contribution >= 4 is 0 Å². The largest absolute Gasteiger partial charge is 0.446 e. The average molecular weight is 268 g/mol. The number of hydrogen-bond donors (Lipinski definition) is 1. The molecule has 0 unspecified atom stereocenters. The van der Waals surface area contributed by atoms with Crippen LogP contribution in [0.2, 0.25) is 0 Å². The van der Waals surface area contributed by atoms with Crippen LogP contribution < -0.4 is 5.32 Å². The van der Waals surface area contributed by atoms with E-state index in [0.717, 1.165) is 57.1 Å². The van der Waals surface area contributed by atoms with E-state index >= 15 is 0 Å². The lowest BCUT2D eigenvalue weighted by Crippen LogP contribution is -2.36. The number of rotatable bonds is 9. The number of hydrogen-bond acceptors (Lipinski definition) is 4. The fourth-order valence-corrected chi connectivity index (χ4v) is 1.77. The lowest BCUT2D eigenvalue weighted by atomic mass is 10.1.